The van der Waals surface area contributed by atoms with Crippen LogP contribution in [-0.4, -0.2) is 38.8 Å². The SMILES string of the molecule is COc1ccc(OC)c(S(=O)N2CCCC2c2cccc(-c3cncn3CCc3ccc(F)cc3)c2)c1. The van der Waals surface area contributed by atoms with Crippen LogP contribution in [0.2, 0.25) is 0 Å². The van der Waals surface area contributed by atoms with Gasteiger partial charge in [0.05, 0.1) is 32.4 Å². The van der Waals surface area contributed by atoms with Crippen molar-refractivity contribution in [2.75, 3.05) is 20.8 Å². The Bertz CT molecular complexity index is 1390. The summed E-state index contributed by atoms with van der Waals surface area (Å²) in [4.78, 5) is 5.00. The Hall–Kier alpha value is -3.49. The summed E-state index contributed by atoms with van der Waals surface area (Å²) in [6.07, 6.45) is 6.36. The quantitative estimate of drug-likeness (QED) is 0.280. The van der Waals surface area contributed by atoms with Crippen molar-refractivity contribution in [2.24, 2.45) is 0 Å². The van der Waals surface area contributed by atoms with Gasteiger partial charge in [-0.2, -0.15) is 0 Å². The predicted molar refractivity (Wildman–Crippen MR) is 142 cm³/mol. The molecule has 37 heavy (non-hydrogen) atoms. The highest BCUT2D eigenvalue weighted by molar-refractivity contribution is 7.82. The summed E-state index contributed by atoms with van der Waals surface area (Å²) in [5.74, 6) is 1.01. The molecule has 1 aliphatic rings. The number of hydrogen-bond acceptors (Lipinski definition) is 4. The third kappa shape index (κ3) is 5.45. The van der Waals surface area contributed by atoms with E-state index < -0.39 is 11.0 Å². The van der Waals surface area contributed by atoms with Gasteiger partial charge in [0, 0.05) is 30.8 Å². The minimum absolute atomic E-state index is 0.0206. The number of methoxy groups -OCH3 is 2. The molecule has 2 heterocycles. The summed E-state index contributed by atoms with van der Waals surface area (Å²) >= 11 is 0. The van der Waals surface area contributed by atoms with E-state index in [0.717, 1.165) is 54.7 Å². The molecule has 2 atom stereocenters. The molecule has 1 aromatic heterocycles. The lowest BCUT2D eigenvalue weighted by Gasteiger charge is -2.25. The molecular weight excluding hydrogens is 489 g/mol. The summed E-state index contributed by atoms with van der Waals surface area (Å²) in [5, 5.41) is 0. The van der Waals surface area contributed by atoms with E-state index in [0.29, 0.717) is 16.4 Å². The summed E-state index contributed by atoms with van der Waals surface area (Å²) < 4.78 is 42.0. The van der Waals surface area contributed by atoms with E-state index in [1.54, 1.807) is 26.4 Å². The van der Waals surface area contributed by atoms with Crippen molar-refractivity contribution in [3.8, 4) is 22.8 Å². The maximum atomic E-state index is 13.8. The Kier molecular flexibility index (Phi) is 7.67. The Balaban J connectivity index is 1.38. The van der Waals surface area contributed by atoms with Gasteiger partial charge in [0.2, 0.25) is 0 Å². The summed E-state index contributed by atoms with van der Waals surface area (Å²) in [5.41, 5.74) is 4.28. The number of hydrogen-bond donors (Lipinski definition) is 0. The van der Waals surface area contributed by atoms with Crippen LogP contribution in [-0.2, 0) is 24.0 Å². The van der Waals surface area contributed by atoms with Crippen LogP contribution in [0.3, 0.4) is 0 Å². The van der Waals surface area contributed by atoms with Gasteiger partial charge in [0.1, 0.15) is 33.2 Å². The van der Waals surface area contributed by atoms with Crippen LogP contribution in [0.1, 0.15) is 30.0 Å². The van der Waals surface area contributed by atoms with Crippen LogP contribution in [0.4, 0.5) is 4.39 Å². The van der Waals surface area contributed by atoms with Crippen molar-refractivity contribution in [3.05, 3.63) is 96.2 Å². The van der Waals surface area contributed by atoms with Crippen LogP contribution in [0.5, 0.6) is 11.5 Å². The number of aryl methyl sites for hydroxylation is 2. The highest BCUT2D eigenvalue weighted by Gasteiger charge is 2.32. The number of imidazole rings is 1. The second kappa shape index (κ2) is 11.3. The molecule has 6 nitrogen and oxygen atoms in total. The monoisotopic (exact) mass is 519 g/mol. The van der Waals surface area contributed by atoms with Crippen molar-refractivity contribution < 1.29 is 18.1 Å². The fourth-order valence-corrected chi connectivity index (χ4v) is 6.41. The summed E-state index contributed by atoms with van der Waals surface area (Å²) in [6.45, 7) is 1.47. The molecule has 0 bridgehead atoms. The van der Waals surface area contributed by atoms with Gasteiger partial charge in [-0.1, -0.05) is 30.3 Å². The van der Waals surface area contributed by atoms with Crippen molar-refractivity contribution in [1.82, 2.24) is 13.9 Å². The fourth-order valence-electron chi connectivity index (χ4n) is 4.86. The van der Waals surface area contributed by atoms with Gasteiger partial charge >= 0.3 is 0 Å². The van der Waals surface area contributed by atoms with Crippen LogP contribution in [0.25, 0.3) is 11.3 Å². The predicted octanol–water partition coefficient (Wildman–Crippen LogP) is 5.81. The molecule has 1 fully saturated rings. The molecule has 1 aliphatic heterocycles. The van der Waals surface area contributed by atoms with Crippen molar-refractivity contribution in [2.45, 2.75) is 36.7 Å². The highest BCUT2D eigenvalue weighted by Crippen LogP contribution is 2.38. The van der Waals surface area contributed by atoms with Crippen molar-refractivity contribution in [1.29, 1.82) is 0 Å². The summed E-state index contributed by atoms with van der Waals surface area (Å²) in [7, 11) is 1.79. The van der Waals surface area contributed by atoms with E-state index in [9.17, 15) is 8.60 Å². The number of ether oxygens (including phenoxy) is 2. The minimum atomic E-state index is -1.40. The molecule has 1 saturated heterocycles. The van der Waals surface area contributed by atoms with Crippen molar-refractivity contribution >= 4 is 11.0 Å². The second-order valence-corrected chi connectivity index (χ2v) is 10.4. The molecule has 192 valence electrons. The highest BCUT2D eigenvalue weighted by atomic mass is 32.2. The first kappa shape index (κ1) is 25.2. The molecule has 0 amide bonds. The van der Waals surface area contributed by atoms with Gasteiger partial charge in [-0.05, 0) is 60.7 Å². The van der Waals surface area contributed by atoms with Crippen LogP contribution in [0.15, 0.2) is 84.1 Å². The largest absolute Gasteiger partial charge is 0.497 e. The first-order valence-electron chi connectivity index (χ1n) is 12.3. The molecule has 2 unspecified atom stereocenters. The fraction of sp³-hybridized carbons (Fsp3) is 0.276. The molecule has 8 heteroatoms. The van der Waals surface area contributed by atoms with E-state index in [4.69, 9.17) is 9.47 Å². The molecule has 0 N–H and O–H groups in total. The van der Waals surface area contributed by atoms with E-state index >= 15 is 0 Å². The second-order valence-electron chi connectivity index (χ2n) is 9.04. The Morgan fingerprint density at radius 2 is 1.89 bits per heavy atom. The Labute approximate surface area is 219 Å². The van der Waals surface area contributed by atoms with E-state index in [2.05, 4.69) is 27.8 Å². The van der Waals surface area contributed by atoms with Gasteiger partial charge in [0.25, 0.3) is 0 Å². The topological polar surface area (TPSA) is 56.6 Å². The van der Waals surface area contributed by atoms with E-state index in [-0.39, 0.29) is 11.9 Å². The van der Waals surface area contributed by atoms with Gasteiger partial charge in [-0.15, -0.1) is 0 Å². The third-order valence-electron chi connectivity index (χ3n) is 6.81. The average molecular weight is 520 g/mol. The number of aromatic nitrogens is 2. The minimum Gasteiger partial charge on any atom is -0.497 e. The molecule has 0 spiro atoms. The lowest BCUT2D eigenvalue weighted by molar-refractivity contribution is 0.387. The number of nitrogens with zero attached hydrogens (tertiary/aromatic N) is 3. The van der Waals surface area contributed by atoms with Gasteiger partial charge in [0.15, 0.2) is 0 Å². The van der Waals surface area contributed by atoms with Gasteiger partial charge in [-0.3, -0.25) is 0 Å². The summed E-state index contributed by atoms with van der Waals surface area (Å²) in [6, 6.07) is 20.4. The van der Waals surface area contributed by atoms with Gasteiger partial charge < -0.3 is 14.0 Å². The zero-order valence-electron chi connectivity index (χ0n) is 21.0. The zero-order valence-corrected chi connectivity index (χ0v) is 21.8. The van der Waals surface area contributed by atoms with Crippen LogP contribution in [0, 0.1) is 5.82 Å². The zero-order chi connectivity index (χ0) is 25.8. The maximum Gasteiger partial charge on any atom is 0.136 e. The molecule has 0 saturated carbocycles. The third-order valence-corrected chi connectivity index (χ3v) is 8.37. The molecule has 4 aromatic rings. The molecule has 0 aliphatic carbocycles. The van der Waals surface area contributed by atoms with Crippen LogP contribution < -0.4 is 9.47 Å². The smallest absolute Gasteiger partial charge is 0.136 e. The van der Waals surface area contributed by atoms with Crippen molar-refractivity contribution in [3.63, 3.8) is 0 Å². The Morgan fingerprint density at radius 3 is 2.68 bits per heavy atom. The Morgan fingerprint density at radius 1 is 1.05 bits per heavy atom. The van der Waals surface area contributed by atoms with Gasteiger partial charge in [-0.25, -0.2) is 17.9 Å². The first-order valence-corrected chi connectivity index (χ1v) is 13.4. The standard InChI is InChI=1S/C29H30FN3O3S/c1-35-25-12-13-28(36-2)29(18-25)37(34)33-15-4-7-26(33)22-5-3-6-23(17-22)27-19-31-20-32(27)16-14-21-8-10-24(30)11-9-21/h3,5-6,8-13,17-20,26H,4,7,14-16H2,1-2H3. The molecule has 5 rings (SSSR count). The number of rotatable bonds is 9. The average Bonchev–Trinajstić information content (AvgIpc) is 3.62. The molecule has 3 aromatic carbocycles. The number of halogens is 1. The lowest BCUT2D eigenvalue weighted by Crippen LogP contribution is -2.26. The molecule has 0 radical (unpaired) electrons. The maximum absolute atomic E-state index is 13.8. The lowest BCUT2D eigenvalue weighted by atomic mass is 10.0. The first-order chi connectivity index (χ1) is 18.1. The number of benzene rings is 3. The molecular formula is C29H30FN3O3S. The van der Waals surface area contributed by atoms with E-state index in [1.807, 2.05) is 41.1 Å². The van der Waals surface area contributed by atoms with E-state index in [1.165, 1.54) is 12.1 Å². The normalized spacial score (nSPS) is 16.6. The van der Waals surface area contributed by atoms with Crippen LogP contribution >= 0.6 is 0 Å².